The van der Waals surface area contributed by atoms with Gasteiger partial charge in [-0.15, -0.1) is 0 Å². The summed E-state index contributed by atoms with van der Waals surface area (Å²) in [5.74, 6) is -0.660. The number of carbonyl (C=O) groups excluding carboxylic acids is 3. The molecule has 0 saturated heterocycles. The van der Waals surface area contributed by atoms with E-state index in [1.165, 1.54) is 6.92 Å². The van der Waals surface area contributed by atoms with E-state index in [1.54, 1.807) is 19.1 Å². The van der Waals surface area contributed by atoms with Gasteiger partial charge in [0.05, 0.1) is 10.2 Å². The maximum Gasteiger partial charge on any atom is 0.333 e. The number of benzene rings is 1. The molecule has 0 aromatic heterocycles. The largest absolute Gasteiger partial charge is 0.463 e. The molecule has 0 aliphatic carbocycles. The fraction of sp³-hybridized carbons (Fsp3) is 0.267. The van der Waals surface area contributed by atoms with Crippen LogP contribution >= 0.6 is 22.6 Å². The van der Waals surface area contributed by atoms with Crippen LogP contribution in [0.25, 0.3) is 0 Å². The van der Waals surface area contributed by atoms with Crippen molar-refractivity contribution >= 4 is 40.8 Å². The number of rotatable bonds is 6. The summed E-state index contributed by atoms with van der Waals surface area (Å²) in [5.41, 5.74) is 1.20. The molecule has 0 saturated carbocycles. The maximum atomic E-state index is 11.6. The molecular weight excluding hydrogens is 387 g/mol. The Balaban J connectivity index is 3.15. The van der Waals surface area contributed by atoms with Gasteiger partial charge in [-0.3, -0.25) is 9.59 Å². The Bertz CT molecular complexity index is 592. The molecule has 1 aromatic carbocycles. The molecule has 0 amide bonds. The Morgan fingerprint density at radius 3 is 2.57 bits per heavy atom. The van der Waals surface area contributed by atoms with Gasteiger partial charge in [-0.25, -0.2) is 4.79 Å². The molecule has 0 bridgehead atoms. The summed E-state index contributed by atoms with van der Waals surface area (Å²) in [7, 11) is 0. The lowest BCUT2D eigenvalue weighted by molar-refractivity contribution is -0.138. The molecule has 0 unspecified atom stereocenters. The molecule has 0 spiro atoms. The predicted octanol–water partition coefficient (Wildman–Crippen LogP) is 2.69. The second-order valence-corrected chi connectivity index (χ2v) is 5.37. The molecule has 0 N–H and O–H groups in total. The van der Waals surface area contributed by atoms with E-state index in [9.17, 15) is 14.4 Å². The monoisotopic (exact) mass is 402 g/mol. The van der Waals surface area contributed by atoms with E-state index in [4.69, 9.17) is 9.47 Å². The lowest BCUT2D eigenvalue weighted by Crippen LogP contribution is -2.11. The first kappa shape index (κ1) is 17.4. The smallest absolute Gasteiger partial charge is 0.333 e. The Labute approximate surface area is 136 Å². The van der Waals surface area contributed by atoms with Gasteiger partial charge in [0.25, 0.3) is 0 Å². The minimum atomic E-state index is -0.516. The van der Waals surface area contributed by atoms with Gasteiger partial charge in [0.2, 0.25) is 0 Å². The van der Waals surface area contributed by atoms with Crippen molar-refractivity contribution in [3.8, 4) is 5.75 Å². The summed E-state index contributed by atoms with van der Waals surface area (Å²) >= 11 is 1.97. The Morgan fingerprint density at radius 2 is 2.05 bits per heavy atom. The number of esters is 2. The first-order valence-electron chi connectivity index (χ1n) is 6.20. The summed E-state index contributed by atoms with van der Waals surface area (Å²) in [6.45, 7) is 6.90. The molecule has 0 aliphatic rings. The topological polar surface area (TPSA) is 69.7 Å². The Morgan fingerprint density at radius 1 is 1.38 bits per heavy atom. The van der Waals surface area contributed by atoms with Gasteiger partial charge in [-0.2, -0.15) is 0 Å². The third kappa shape index (κ3) is 4.96. The normalized spacial score (nSPS) is 9.86. The van der Waals surface area contributed by atoms with Gasteiger partial charge in [0, 0.05) is 30.0 Å². The quantitative estimate of drug-likeness (QED) is 0.241. The number of aldehydes is 1. The lowest BCUT2D eigenvalue weighted by Gasteiger charge is -2.13. The van der Waals surface area contributed by atoms with E-state index in [0.29, 0.717) is 26.7 Å². The minimum Gasteiger partial charge on any atom is -0.463 e. The van der Waals surface area contributed by atoms with Crippen molar-refractivity contribution in [2.45, 2.75) is 20.3 Å². The van der Waals surface area contributed by atoms with Crippen molar-refractivity contribution in [1.29, 1.82) is 0 Å². The van der Waals surface area contributed by atoms with Gasteiger partial charge < -0.3 is 9.47 Å². The van der Waals surface area contributed by atoms with E-state index in [0.717, 1.165) is 0 Å². The summed E-state index contributed by atoms with van der Waals surface area (Å²) in [6.07, 6.45) is 0.829. The van der Waals surface area contributed by atoms with Crippen LogP contribution in [-0.4, -0.2) is 24.8 Å². The lowest BCUT2D eigenvalue weighted by atomic mass is 10.0. The Kier molecular flexibility index (Phi) is 6.54. The molecule has 0 radical (unpaired) electrons. The van der Waals surface area contributed by atoms with Crippen LogP contribution in [0.5, 0.6) is 5.75 Å². The fourth-order valence-corrected chi connectivity index (χ4v) is 2.48. The summed E-state index contributed by atoms with van der Waals surface area (Å²) in [4.78, 5) is 33.7. The minimum absolute atomic E-state index is 0.138. The molecule has 1 aromatic rings. The first-order chi connectivity index (χ1) is 9.88. The molecule has 1 rings (SSSR count). The van der Waals surface area contributed by atoms with Gasteiger partial charge >= 0.3 is 11.9 Å². The zero-order valence-electron chi connectivity index (χ0n) is 11.8. The number of hydrogen-bond donors (Lipinski definition) is 0. The van der Waals surface area contributed by atoms with Crippen molar-refractivity contribution in [2.75, 3.05) is 6.61 Å². The zero-order chi connectivity index (χ0) is 16.0. The molecule has 0 fully saturated rings. The maximum absolute atomic E-state index is 11.6. The van der Waals surface area contributed by atoms with Crippen LogP contribution in [0.1, 0.15) is 29.8 Å². The van der Waals surface area contributed by atoms with Crippen molar-refractivity contribution in [2.24, 2.45) is 0 Å². The standard InChI is InChI=1S/C15H15IO5/c1-4-20-15(19)9(2)5-12-6-11(8-17)7-13(16)14(12)21-10(3)18/h6-8H,2,4-5H2,1,3H3. The highest BCUT2D eigenvalue weighted by atomic mass is 127. The van der Waals surface area contributed by atoms with Crippen molar-refractivity contribution < 1.29 is 23.9 Å². The van der Waals surface area contributed by atoms with E-state index < -0.39 is 11.9 Å². The summed E-state index contributed by atoms with van der Waals surface area (Å²) in [6, 6.07) is 3.17. The molecule has 21 heavy (non-hydrogen) atoms. The van der Waals surface area contributed by atoms with E-state index >= 15 is 0 Å². The third-order valence-corrected chi connectivity index (χ3v) is 3.29. The molecule has 0 atom stereocenters. The second-order valence-electron chi connectivity index (χ2n) is 4.20. The van der Waals surface area contributed by atoms with Gasteiger partial charge in [0.1, 0.15) is 12.0 Å². The summed E-state index contributed by atoms with van der Waals surface area (Å²) < 4.78 is 10.6. The fourth-order valence-electron chi connectivity index (χ4n) is 1.67. The molecule has 6 heteroatoms. The van der Waals surface area contributed by atoms with Crippen molar-refractivity contribution in [3.63, 3.8) is 0 Å². The Hall–Kier alpha value is -1.70. The highest BCUT2D eigenvalue weighted by Gasteiger charge is 2.17. The van der Waals surface area contributed by atoms with Crippen LogP contribution in [0.4, 0.5) is 0 Å². The van der Waals surface area contributed by atoms with E-state index in [2.05, 4.69) is 6.58 Å². The van der Waals surface area contributed by atoms with Gasteiger partial charge in [-0.05, 0) is 41.6 Å². The highest BCUT2D eigenvalue weighted by Crippen LogP contribution is 2.29. The molecule has 0 heterocycles. The number of ether oxygens (including phenoxy) is 2. The highest BCUT2D eigenvalue weighted by molar-refractivity contribution is 14.1. The first-order valence-corrected chi connectivity index (χ1v) is 7.27. The van der Waals surface area contributed by atoms with Crippen LogP contribution in [-0.2, 0) is 20.7 Å². The van der Waals surface area contributed by atoms with Crippen molar-refractivity contribution in [3.05, 3.63) is 39.0 Å². The second kappa shape index (κ2) is 7.92. The van der Waals surface area contributed by atoms with E-state index in [-0.39, 0.29) is 18.6 Å². The average Bonchev–Trinajstić information content (AvgIpc) is 2.42. The molecule has 112 valence electrons. The van der Waals surface area contributed by atoms with E-state index in [1.807, 2.05) is 22.6 Å². The SMILES string of the molecule is C=C(Cc1cc(C=O)cc(I)c1OC(C)=O)C(=O)OCC. The average molecular weight is 402 g/mol. The molecule has 0 aliphatic heterocycles. The van der Waals surface area contributed by atoms with Crippen LogP contribution in [0.15, 0.2) is 24.3 Å². The van der Waals surface area contributed by atoms with Crippen LogP contribution in [0.2, 0.25) is 0 Å². The number of halogens is 1. The molecular formula is C15H15IO5. The van der Waals surface area contributed by atoms with Gasteiger partial charge in [-0.1, -0.05) is 6.58 Å². The zero-order valence-corrected chi connectivity index (χ0v) is 13.9. The van der Waals surface area contributed by atoms with Gasteiger partial charge in [0.15, 0.2) is 0 Å². The third-order valence-electron chi connectivity index (χ3n) is 2.49. The molecule has 5 nitrogen and oxygen atoms in total. The van der Waals surface area contributed by atoms with Crippen LogP contribution in [0.3, 0.4) is 0 Å². The summed E-state index contributed by atoms with van der Waals surface area (Å²) in [5, 5.41) is 0. The predicted molar refractivity (Wildman–Crippen MR) is 85.3 cm³/mol. The number of hydrogen-bond acceptors (Lipinski definition) is 5. The van der Waals surface area contributed by atoms with Crippen LogP contribution in [0, 0.1) is 3.57 Å². The number of carbonyl (C=O) groups is 3. The van der Waals surface area contributed by atoms with Crippen LogP contribution < -0.4 is 4.74 Å². The van der Waals surface area contributed by atoms with Crippen molar-refractivity contribution in [1.82, 2.24) is 0 Å².